The zero-order chi connectivity index (χ0) is 15.0. The normalized spacial score (nSPS) is 28.2. The van der Waals surface area contributed by atoms with Gasteiger partial charge in [-0.25, -0.2) is 0 Å². The quantitative estimate of drug-likeness (QED) is 0.680. The second-order valence-electron chi connectivity index (χ2n) is 5.64. The lowest BCUT2D eigenvalue weighted by Gasteiger charge is -2.39. The minimum atomic E-state index is -0.815. The first-order valence-electron chi connectivity index (χ1n) is 7.75. The van der Waals surface area contributed by atoms with Gasteiger partial charge in [0.15, 0.2) is 0 Å². The molecule has 1 rings (SSSR count). The van der Waals surface area contributed by atoms with Gasteiger partial charge in [0.1, 0.15) is 5.54 Å². The van der Waals surface area contributed by atoms with Crippen molar-refractivity contribution in [1.29, 1.82) is 0 Å². The highest BCUT2D eigenvalue weighted by Crippen LogP contribution is 2.31. The number of ether oxygens (including phenoxy) is 2. The van der Waals surface area contributed by atoms with Gasteiger partial charge in [-0.2, -0.15) is 0 Å². The molecule has 0 amide bonds. The van der Waals surface area contributed by atoms with Crippen LogP contribution in [0.4, 0.5) is 0 Å². The molecule has 0 spiro atoms. The lowest BCUT2D eigenvalue weighted by molar-refractivity contribution is -0.151. The van der Waals surface area contributed by atoms with Crippen molar-refractivity contribution in [2.45, 2.75) is 70.6 Å². The Labute approximate surface area is 122 Å². The minimum absolute atomic E-state index is 0.000313. The van der Waals surface area contributed by atoms with Crippen molar-refractivity contribution in [3.63, 3.8) is 0 Å². The van der Waals surface area contributed by atoms with Crippen LogP contribution >= 0.6 is 0 Å². The molecule has 0 bridgehead atoms. The van der Waals surface area contributed by atoms with Gasteiger partial charge in [-0.05, 0) is 46.1 Å². The fourth-order valence-corrected chi connectivity index (χ4v) is 2.79. The summed E-state index contributed by atoms with van der Waals surface area (Å²) < 4.78 is 11.3. The minimum Gasteiger partial charge on any atom is -0.480 e. The Morgan fingerprint density at radius 3 is 2.85 bits per heavy atom. The molecule has 0 aromatic carbocycles. The number of nitrogens with one attached hydrogen (secondary N) is 1. The average molecular weight is 287 g/mol. The Kier molecular flexibility index (Phi) is 7.48. The van der Waals surface area contributed by atoms with Crippen molar-refractivity contribution >= 4 is 5.97 Å². The summed E-state index contributed by atoms with van der Waals surface area (Å²) in [6.07, 6.45) is 3.98. The van der Waals surface area contributed by atoms with Crippen molar-refractivity contribution in [2.24, 2.45) is 0 Å². The van der Waals surface area contributed by atoms with Gasteiger partial charge in [-0.1, -0.05) is 6.92 Å². The molecule has 2 N–H and O–H groups in total. The number of hydrogen-bond donors (Lipinski definition) is 2. The number of carboxylic acids is 1. The maximum absolute atomic E-state index is 11.6. The Hall–Kier alpha value is -0.650. The SMILES string of the molecule is CCCNC1(C(=O)O)CCCC(OC(C)COCC)C1. The van der Waals surface area contributed by atoms with E-state index in [9.17, 15) is 9.90 Å². The number of hydrogen-bond acceptors (Lipinski definition) is 4. The molecule has 0 radical (unpaired) electrons. The van der Waals surface area contributed by atoms with E-state index in [-0.39, 0.29) is 12.2 Å². The molecular formula is C15H29NO4. The van der Waals surface area contributed by atoms with E-state index in [1.807, 2.05) is 20.8 Å². The number of carbonyl (C=O) groups is 1. The fourth-order valence-electron chi connectivity index (χ4n) is 2.79. The van der Waals surface area contributed by atoms with E-state index in [0.717, 1.165) is 25.8 Å². The van der Waals surface area contributed by atoms with Crippen LogP contribution in [0, 0.1) is 0 Å². The maximum atomic E-state index is 11.6. The zero-order valence-electron chi connectivity index (χ0n) is 13.0. The average Bonchev–Trinajstić information content (AvgIpc) is 2.43. The Balaban J connectivity index is 2.56. The monoisotopic (exact) mass is 287 g/mol. The first-order chi connectivity index (χ1) is 9.54. The molecule has 1 aliphatic rings. The molecule has 5 heteroatoms. The predicted molar refractivity (Wildman–Crippen MR) is 78.0 cm³/mol. The van der Waals surface area contributed by atoms with Crippen LogP contribution in [-0.4, -0.2) is 48.6 Å². The van der Waals surface area contributed by atoms with Crippen LogP contribution < -0.4 is 5.32 Å². The molecular weight excluding hydrogens is 258 g/mol. The second kappa shape index (κ2) is 8.60. The molecule has 0 aromatic heterocycles. The Morgan fingerprint density at radius 2 is 2.25 bits per heavy atom. The van der Waals surface area contributed by atoms with E-state index < -0.39 is 11.5 Å². The van der Waals surface area contributed by atoms with Crippen molar-refractivity contribution < 1.29 is 19.4 Å². The highest BCUT2D eigenvalue weighted by atomic mass is 16.5. The molecule has 0 saturated heterocycles. The van der Waals surface area contributed by atoms with E-state index in [4.69, 9.17) is 9.47 Å². The van der Waals surface area contributed by atoms with Crippen LogP contribution in [0.15, 0.2) is 0 Å². The van der Waals surface area contributed by atoms with Crippen LogP contribution in [0.2, 0.25) is 0 Å². The number of rotatable bonds is 9. The van der Waals surface area contributed by atoms with Crippen LogP contribution in [-0.2, 0) is 14.3 Å². The van der Waals surface area contributed by atoms with Gasteiger partial charge in [-0.15, -0.1) is 0 Å². The number of aliphatic carboxylic acids is 1. The summed E-state index contributed by atoms with van der Waals surface area (Å²) in [5.41, 5.74) is -0.815. The van der Waals surface area contributed by atoms with E-state index in [2.05, 4.69) is 5.32 Å². The molecule has 1 fully saturated rings. The third-order valence-corrected chi connectivity index (χ3v) is 3.81. The number of carboxylic acid groups (broad SMARTS) is 1. The molecule has 0 aromatic rings. The summed E-state index contributed by atoms with van der Waals surface area (Å²) in [5, 5.41) is 12.8. The van der Waals surface area contributed by atoms with Crippen molar-refractivity contribution in [3.8, 4) is 0 Å². The van der Waals surface area contributed by atoms with Crippen LogP contribution in [0.3, 0.4) is 0 Å². The van der Waals surface area contributed by atoms with E-state index in [1.165, 1.54) is 0 Å². The smallest absolute Gasteiger partial charge is 0.323 e. The van der Waals surface area contributed by atoms with Gasteiger partial charge < -0.3 is 19.9 Å². The van der Waals surface area contributed by atoms with Gasteiger partial charge >= 0.3 is 5.97 Å². The molecule has 1 saturated carbocycles. The Morgan fingerprint density at radius 1 is 1.50 bits per heavy atom. The van der Waals surface area contributed by atoms with E-state index in [0.29, 0.717) is 26.1 Å². The third-order valence-electron chi connectivity index (χ3n) is 3.81. The van der Waals surface area contributed by atoms with Crippen molar-refractivity contribution in [3.05, 3.63) is 0 Å². The van der Waals surface area contributed by atoms with Gasteiger partial charge in [0.2, 0.25) is 0 Å². The van der Waals surface area contributed by atoms with Crippen LogP contribution in [0.5, 0.6) is 0 Å². The summed E-state index contributed by atoms with van der Waals surface area (Å²) in [7, 11) is 0. The van der Waals surface area contributed by atoms with Gasteiger partial charge in [0, 0.05) is 13.0 Å². The third kappa shape index (κ3) is 5.04. The summed E-state index contributed by atoms with van der Waals surface area (Å²) in [6.45, 7) is 7.95. The zero-order valence-corrected chi connectivity index (χ0v) is 13.0. The molecule has 5 nitrogen and oxygen atoms in total. The predicted octanol–water partition coefficient (Wildman–Crippen LogP) is 2.19. The first-order valence-corrected chi connectivity index (χ1v) is 7.75. The first kappa shape index (κ1) is 17.4. The van der Waals surface area contributed by atoms with E-state index >= 15 is 0 Å². The molecule has 20 heavy (non-hydrogen) atoms. The summed E-state index contributed by atoms with van der Waals surface area (Å²) >= 11 is 0. The summed E-state index contributed by atoms with van der Waals surface area (Å²) in [5.74, 6) is -0.753. The van der Waals surface area contributed by atoms with Crippen molar-refractivity contribution in [2.75, 3.05) is 19.8 Å². The van der Waals surface area contributed by atoms with Gasteiger partial charge in [0.05, 0.1) is 18.8 Å². The van der Waals surface area contributed by atoms with Crippen LogP contribution in [0.25, 0.3) is 0 Å². The highest BCUT2D eigenvalue weighted by molar-refractivity contribution is 5.79. The maximum Gasteiger partial charge on any atom is 0.323 e. The fraction of sp³-hybridized carbons (Fsp3) is 0.933. The summed E-state index contributed by atoms with van der Waals surface area (Å²) in [6, 6.07) is 0. The molecule has 3 atom stereocenters. The lowest BCUT2D eigenvalue weighted by Crippen LogP contribution is -2.56. The Bertz CT molecular complexity index is 298. The van der Waals surface area contributed by atoms with E-state index in [1.54, 1.807) is 0 Å². The highest BCUT2D eigenvalue weighted by Gasteiger charge is 2.43. The molecule has 0 heterocycles. The lowest BCUT2D eigenvalue weighted by atomic mass is 9.80. The largest absolute Gasteiger partial charge is 0.480 e. The second-order valence-corrected chi connectivity index (χ2v) is 5.64. The summed E-state index contributed by atoms with van der Waals surface area (Å²) in [4.78, 5) is 11.6. The van der Waals surface area contributed by atoms with Gasteiger partial charge in [0.25, 0.3) is 0 Å². The van der Waals surface area contributed by atoms with Crippen molar-refractivity contribution in [1.82, 2.24) is 5.32 Å². The topological polar surface area (TPSA) is 67.8 Å². The molecule has 3 unspecified atom stereocenters. The molecule has 118 valence electrons. The standard InChI is InChI=1S/C15H29NO4/c1-4-9-16-15(14(17)18)8-6-7-13(10-15)20-12(3)11-19-5-2/h12-13,16H,4-11H2,1-3H3,(H,17,18). The molecule has 1 aliphatic carbocycles. The van der Waals surface area contributed by atoms with Gasteiger partial charge in [-0.3, -0.25) is 4.79 Å². The molecule has 0 aliphatic heterocycles. The van der Waals surface area contributed by atoms with Crippen LogP contribution in [0.1, 0.15) is 52.9 Å².